The van der Waals surface area contributed by atoms with Crippen molar-refractivity contribution in [3.63, 3.8) is 0 Å². The highest BCUT2D eigenvalue weighted by Gasteiger charge is 2.25. The number of carbonyl (C=O) groups excluding carboxylic acids is 1. The molecule has 3 aromatic heterocycles. The van der Waals surface area contributed by atoms with Gasteiger partial charge in [-0.05, 0) is 38.8 Å². The van der Waals surface area contributed by atoms with Crippen molar-refractivity contribution in [1.82, 2.24) is 29.4 Å². The van der Waals surface area contributed by atoms with E-state index in [0.717, 1.165) is 42.9 Å². The smallest absolute Gasteiger partial charge is 0.228 e. The van der Waals surface area contributed by atoms with Gasteiger partial charge in [-0.15, -0.1) is 0 Å². The van der Waals surface area contributed by atoms with Crippen LogP contribution in [-0.4, -0.2) is 54.4 Å². The maximum Gasteiger partial charge on any atom is 0.228 e. The second-order valence-corrected chi connectivity index (χ2v) is 7.65. The fourth-order valence-electron chi connectivity index (χ4n) is 3.58. The molecule has 1 amide bonds. The molecule has 0 spiro atoms. The molecule has 0 unspecified atom stereocenters. The van der Waals surface area contributed by atoms with Crippen molar-refractivity contribution in [3.05, 3.63) is 37.1 Å². The Morgan fingerprint density at radius 1 is 1.17 bits per heavy atom. The Morgan fingerprint density at radius 3 is 2.72 bits per heavy atom. The van der Waals surface area contributed by atoms with Crippen molar-refractivity contribution in [1.29, 1.82) is 0 Å². The average molecular weight is 394 g/mol. The van der Waals surface area contributed by atoms with Crippen molar-refractivity contribution in [2.45, 2.75) is 39.4 Å². The van der Waals surface area contributed by atoms with Crippen LogP contribution >= 0.6 is 0 Å². The number of pyridine rings is 1. The molecule has 4 rings (SSSR count). The predicted octanol–water partition coefficient (Wildman–Crippen LogP) is 2.35. The van der Waals surface area contributed by atoms with E-state index >= 15 is 0 Å². The molecule has 0 aromatic carbocycles. The summed E-state index contributed by atoms with van der Waals surface area (Å²) < 4.78 is 2.04. The minimum absolute atomic E-state index is 0.0111. The summed E-state index contributed by atoms with van der Waals surface area (Å²) in [7, 11) is 0. The molecular formula is C20H26N8O. The molecule has 152 valence electrons. The molecule has 9 nitrogen and oxygen atoms in total. The minimum Gasteiger partial charge on any atom is -0.366 e. The van der Waals surface area contributed by atoms with Crippen LogP contribution in [0.2, 0.25) is 0 Å². The second-order valence-electron chi connectivity index (χ2n) is 7.65. The molecule has 9 heteroatoms. The summed E-state index contributed by atoms with van der Waals surface area (Å²) in [5, 5.41) is 6.22. The van der Waals surface area contributed by atoms with Gasteiger partial charge in [-0.1, -0.05) is 6.07 Å². The van der Waals surface area contributed by atoms with Crippen molar-refractivity contribution in [2.75, 3.05) is 23.7 Å². The van der Waals surface area contributed by atoms with Gasteiger partial charge in [0.2, 0.25) is 5.91 Å². The minimum atomic E-state index is 0.0111. The van der Waals surface area contributed by atoms with Crippen LogP contribution in [0.3, 0.4) is 0 Å². The number of fused-ring (bicyclic) bond motifs is 1. The third kappa shape index (κ3) is 4.51. The second kappa shape index (κ2) is 8.52. The highest BCUT2D eigenvalue weighted by Crippen LogP contribution is 2.22. The molecule has 0 atom stereocenters. The molecule has 4 heterocycles. The van der Waals surface area contributed by atoms with E-state index in [2.05, 4.69) is 49.3 Å². The fourth-order valence-corrected chi connectivity index (χ4v) is 3.58. The van der Waals surface area contributed by atoms with E-state index < -0.39 is 0 Å². The van der Waals surface area contributed by atoms with E-state index in [1.807, 2.05) is 23.0 Å². The molecule has 0 bridgehead atoms. The zero-order valence-corrected chi connectivity index (χ0v) is 16.7. The monoisotopic (exact) mass is 394 g/mol. The molecule has 3 aromatic rings. The number of anilines is 2. The first-order valence-corrected chi connectivity index (χ1v) is 9.97. The third-order valence-corrected chi connectivity index (χ3v) is 5.05. The number of aromatic nitrogens is 5. The van der Waals surface area contributed by atoms with Crippen molar-refractivity contribution in [3.8, 4) is 0 Å². The Labute approximate surface area is 169 Å². The molecule has 0 aliphatic carbocycles. The molecule has 29 heavy (non-hydrogen) atoms. The van der Waals surface area contributed by atoms with Crippen molar-refractivity contribution >= 4 is 28.7 Å². The standard InChI is InChI=1S/C20H26N8O/c1-14(2)25-18-17-19(23-11-22-18)28(12-24-17)13-27-9-6-15(7-10-27)20(29)26-16-5-3-4-8-21-16/h3-5,8,11-12,14-15H,6-7,9-10,13H2,1-2H3,(H,21,26,29)(H,22,23,25). The number of piperidine rings is 1. The van der Waals surface area contributed by atoms with Gasteiger partial charge in [0.05, 0.1) is 13.0 Å². The topological polar surface area (TPSA) is 101 Å². The first-order valence-electron chi connectivity index (χ1n) is 9.97. The van der Waals surface area contributed by atoms with Gasteiger partial charge in [0.25, 0.3) is 0 Å². The summed E-state index contributed by atoms with van der Waals surface area (Å²) in [6.45, 7) is 6.53. The van der Waals surface area contributed by atoms with Crippen molar-refractivity contribution < 1.29 is 4.79 Å². The maximum atomic E-state index is 12.5. The predicted molar refractivity (Wildman–Crippen MR) is 111 cm³/mol. The summed E-state index contributed by atoms with van der Waals surface area (Å²) in [5.41, 5.74) is 1.60. The zero-order valence-electron chi connectivity index (χ0n) is 16.7. The van der Waals surface area contributed by atoms with Crippen LogP contribution in [-0.2, 0) is 11.5 Å². The summed E-state index contributed by atoms with van der Waals surface area (Å²) in [5.74, 6) is 1.43. The molecule has 1 aliphatic rings. The largest absolute Gasteiger partial charge is 0.366 e. The van der Waals surface area contributed by atoms with Gasteiger partial charge in [-0.25, -0.2) is 19.9 Å². The number of rotatable bonds is 6. The van der Waals surface area contributed by atoms with Gasteiger partial charge >= 0.3 is 0 Å². The highest BCUT2D eigenvalue weighted by atomic mass is 16.1. The number of likely N-dealkylation sites (tertiary alicyclic amines) is 1. The number of nitrogens with one attached hydrogen (secondary N) is 2. The first kappa shape index (κ1) is 19.3. The molecule has 2 N–H and O–H groups in total. The molecule has 1 fully saturated rings. The SMILES string of the molecule is CC(C)Nc1ncnc2c1ncn2CN1CCC(C(=O)Nc2ccccn2)CC1. The Bertz CT molecular complexity index is 963. The van der Waals surface area contributed by atoms with Gasteiger partial charge in [-0.3, -0.25) is 9.69 Å². The number of imidazole rings is 1. The summed E-state index contributed by atoms with van der Waals surface area (Å²) in [6, 6.07) is 5.78. The number of carbonyl (C=O) groups is 1. The summed E-state index contributed by atoms with van der Waals surface area (Å²) in [6.07, 6.45) is 6.70. The van der Waals surface area contributed by atoms with Crippen LogP contribution in [0, 0.1) is 5.92 Å². The van der Waals surface area contributed by atoms with E-state index in [9.17, 15) is 4.79 Å². The van der Waals surface area contributed by atoms with Gasteiger partial charge in [-0.2, -0.15) is 0 Å². The zero-order chi connectivity index (χ0) is 20.2. The number of amides is 1. The van der Waals surface area contributed by atoms with Crippen LogP contribution in [0.15, 0.2) is 37.1 Å². The third-order valence-electron chi connectivity index (χ3n) is 5.05. The van der Waals surface area contributed by atoms with E-state index in [-0.39, 0.29) is 17.9 Å². The van der Waals surface area contributed by atoms with Gasteiger partial charge < -0.3 is 15.2 Å². The van der Waals surface area contributed by atoms with Crippen LogP contribution in [0.4, 0.5) is 11.6 Å². The normalized spacial score (nSPS) is 15.7. The Morgan fingerprint density at radius 2 is 2.00 bits per heavy atom. The van der Waals surface area contributed by atoms with Crippen molar-refractivity contribution in [2.24, 2.45) is 5.92 Å². The Kier molecular flexibility index (Phi) is 5.66. The quantitative estimate of drug-likeness (QED) is 0.662. The average Bonchev–Trinajstić information content (AvgIpc) is 3.13. The van der Waals surface area contributed by atoms with Crippen LogP contribution in [0.1, 0.15) is 26.7 Å². The maximum absolute atomic E-state index is 12.5. The number of hydrogen-bond donors (Lipinski definition) is 2. The lowest BCUT2D eigenvalue weighted by atomic mass is 9.96. The molecular weight excluding hydrogens is 368 g/mol. The van der Waals surface area contributed by atoms with E-state index in [1.165, 1.54) is 0 Å². The van der Waals surface area contributed by atoms with Crippen LogP contribution < -0.4 is 10.6 Å². The van der Waals surface area contributed by atoms with E-state index in [4.69, 9.17) is 0 Å². The highest BCUT2D eigenvalue weighted by molar-refractivity contribution is 5.91. The van der Waals surface area contributed by atoms with E-state index in [1.54, 1.807) is 18.6 Å². The van der Waals surface area contributed by atoms with Gasteiger partial charge in [0, 0.05) is 31.2 Å². The van der Waals surface area contributed by atoms with Crippen LogP contribution in [0.5, 0.6) is 0 Å². The summed E-state index contributed by atoms with van der Waals surface area (Å²) in [4.78, 5) is 32.2. The fraction of sp³-hybridized carbons (Fsp3) is 0.450. The lowest BCUT2D eigenvalue weighted by molar-refractivity contribution is -0.121. The molecule has 0 saturated carbocycles. The molecule has 1 aliphatic heterocycles. The lowest BCUT2D eigenvalue weighted by Crippen LogP contribution is -2.39. The molecule has 0 radical (unpaired) electrons. The summed E-state index contributed by atoms with van der Waals surface area (Å²) >= 11 is 0. The first-order chi connectivity index (χ1) is 14.1. The molecule has 1 saturated heterocycles. The Hall–Kier alpha value is -3.07. The van der Waals surface area contributed by atoms with Gasteiger partial charge in [0.1, 0.15) is 17.7 Å². The van der Waals surface area contributed by atoms with Crippen LogP contribution in [0.25, 0.3) is 11.2 Å². The number of nitrogens with zero attached hydrogens (tertiary/aromatic N) is 6. The Balaban J connectivity index is 1.36. The van der Waals surface area contributed by atoms with Gasteiger partial charge in [0.15, 0.2) is 11.5 Å². The van der Waals surface area contributed by atoms with E-state index in [0.29, 0.717) is 12.5 Å². The number of hydrogen-bond acceptors (Lipinski definition) is 7. The lowest BCUT2D eigenvalue weighted by Gasteiger charge is -2.31.